The molecule has 4 rings (SSSR count). The lowest BCUT2D eigenvalue weighted by molar-refractivity contribution is -0.115. The monoisotopic (exact) mass is 390 g/mol. The second-order valence-corrected chi connectivity index (χ2v) is 7.18. The van der Waals surface area contributed by atoms with E-state index in [9.17, 15) is 9.59 Å². The standard InChI is InChI=1S/C22H22N4O3/c1-13-7-5-6-8-18(13)26-15(3)17(14(2)24-26)12-21(27)23-16-9-10-19-20(11-16)29-22(28)25(19)4/h5-11H,12H2,1-4H3,(H,23,27). The molecule has 0 saturated heterocycles. The summed E-state index contributed by atoms with van der Waals surface area (Å²) in [6.07, 6.45) is 0.209. The van der Waals surface area contributed by atoms with Crippen LogP contribution in [0.4, 0.5) is 5.69 Å². The third-order valence-corrected chi connectivity index (χ3v) is 5.20. The van der Waals surface area contributed by atoms with Crippen LogP contribution in [0, 0.1) is 20.8 Å². The van der Waals surface area contributed by atoms with Crippen LogP contribution in [-0.4, -0.2) is 20.3 Å². The summed E-state index contributed by atoms with van der Waals surface area (Å²) in [5, 5.41) is 7.52. The molecule has 0 radical (unpaired) electrons. The van der Waals surface area contributed by atoms with E-state index in [-0.39, 0.29) is 12.3 Å². The minimum absolute atomic E-state index is 0.154. The zero-order valence-corrected chi connectivity index (χ0v) is 16.8. The van der Waals surface area contributed by atoms with Crippen LogP contribution in [0.3, 0.4) is 0 Å². The molecule has 0 bridgehead atoms. The second kappa shape index (κ2) is 7.09. The third-order valence-electron chi connectivity index (χ3n) is 5.20. The Morgan fingerprint density at radius 2 is 1.90 bits per heavy atom. The highest BCUT2D eigenvalue weighted by atomic mass is 16.4. The van der Waals surface area contributed by atoms with Crippen LogP contribution in [-0.2, 0) is 18.3 Å². The number of rotatable bonds is 4. The molecular formula is C22H22N4O3. The van der Waals surface area contributed by atoms with Gasteiger partial charge in [-0.2, -0.15) is 5.10 Å². The van der Waals surface area contributed by atoms with Crippen molar-refractivity contribution in [1.29, 1.82) is 0 Å². The van der Waals surface area contributed by atoms with Gasteiger partial charge in [0.05, 0.1) is 23.3 Å². The van der Waals surface area contributed by atoms with E-state index < -0.39 is 5.76 Å². The lowest BCUT2D eigenvalue weighted by Gasteiger charge is -2.09. The smallest absolute Gasteiger partial charge is 0.408 e. The van der Waals surface area contributed by atoms with Crippen LogP contribution in [0.2, 0.25) is 0 Å². The number of nitrogens with one attached hydrogen (secondary N) is 1. The van der Waals surface area contributed by atoms with Crippen LogP contribution in [0.25, 0.3) is 16.8 Å². The molecule has 0 unspecified atom stereocenters. The Kier molecular flexibility index (Phi) is 4.58. The van der Waals surface area contributed by atoms with E-state index >= 15 is 0 Å². The van der Waals surface area contributed by atoms with Gasteiger partial charge in [0.25, 0.3) is 0 Å². The summed E-state index contributed by atoms with van der Waals surface area (Å²) in [5.41, 5.74) is 6.49. The Hall–Kier alpha value is -3.61. The van der Waals surface area contributed by atoms with Gasteiger partial charge in [0.15, 0.2) is 5.58 Å². The van der Waals surface area contributed by atoms with Gasteiger partial charge >= 0.3 is 5.76 Å². The van der Waals surface area contributed by atoms with Crippen molar-refractivity contribution in [3.05, 3.63) is 75.5 Å². The number of aromatic nitrogens is 3. The third kappa shape index (κ3) is 3.35. The fourth-order valence-corrected chi connectivity index (χ4v) is 3.54. The van der Waals surface area contributed by atoms with Crippen molar-refractivity contribution >= 4 is 22.7 Å². The zero-order valence-electron chi connectivity index (χ0n) is 16.8. The van der Waals surface area contributed by atoms with E-state index in [1.807, 2.05) is 49.7 Å². The molecule has 0 fully saturated rings. The van der Waals surface area contributed by atoms with Gasteiger partial charge in [-0.25, -0.2) is 9.48 Å². The van der Waals surface area contributed by atoms with Gasteiger partial charge in [-0.05, 0) is 44.5 Å². The van der Waals surface area contributed by atoms with Crippen molar-refractivity contribution < 1.29 is 9.21 Å². The zero-order chi connectivity index (χ0) is 20.7. The van der Waals surface area contributed by atoms with Gasteiger partial charge in [0.2, 0.25) is 5.91 Å². The van der Waals surface area contributed by atoms with E-state index in [2.05, 4.69) is 10.4 Å². The topological polar surface area (TPSA) is 82.1 Å². The highest BCUT2D eigenvalue weighted by Crippen LogP contribution is 2.22. The molecule has 0 aliphatic rings. The van der Waals surface area contributed by atoms with Crippen molar-refractivity contribution in [3.8, 4) is 5.69 Å². The Morgan fingerprint density at radius 1 is 1.14 bits per heavy atom. The normalized spacial score (nSPS) is 11.2. The second-order valence-electron chi connectivity index (χ2n) is 7.18. The first-order valence-corrected chi connectivity index (χ1v) is 9.35. The number of aryl methyl sites for hydroxylation is 3. The Labute approximate surface area is 167 Å². The quantitative estimate of drug-likeness (QED) is 0.579. The Bertz CT molecular complexity index is 1290. The molecule has 0 atom stereocenters. The first-order chi connectivity index (χ1) is 13.8. The Morgan fingerprint density at radius 3 is 2.66 bits per heavy atom. The summed E-state index contributed by atoms with van der Waals surface area (Å²) in [7, 11) is 1.64. The average Bonchev–Trinajstić information content (AvgIpc) is 3.12. The number of anilines is 1. The first-order valence-electron chi connectivity index (χ1n) is 9.35. The summed E-state index contributed by atoms with van der Waals surface area (Å²) in [4.78, 5) is 24.3. The summed E-state index contributed by atoms with van der Waals surface area (Å²) in [5.74, 6) is -0.587. The molecule has 0 aliphatic carbocycles. The van der Waals surface area contributed by atoms with Crippen LogP contribution in [0.1, 0.15) is 22.5 Å². The van der Waals surface area contributed by atoms with E-state index in [1.165, 1.54) is 4.57 Å². The summed E-state index contributed by atoms with van der Waals surface area (Å²) in [6.45, 7) is 5.92. The minimum atomic E-state index is -0.432. The van der Waals surface area contributed by atoms with Crippen LogP contribution in [0.5, 0.6) is 0 Å². The summed E-state index contributed by atoms with van der Waals surface area (Å²) >= 11 is 0. The molecule has 1 N–H and O–H groups in total. The lowest BCUT2D eigenvalue weighted by atomic mass is 10.1. The van der Waals surface area contributed by atoms with Crippen molar-refractivity contribution in [2.24, 2.45) is 7.05 Å². The average molecular weight is 390 g/mol. The molecule has 4 aromatic rings. The largest absolute Gasteiger partial charge is 0.419 e. The lowest BCUT2D eigenvalue weighted by Crippen LogP contribution is -2.15. The van der Waals surface area contributed by atoms with Gasteiger partial charge in [-0.1, -0.05) is 18.2 Å². The number of amides is 1. The van der Waals surface area contributed by atoms with Crippen molar-refractivity contribution in [3.63, 3.8) is 0 Å². The van der Waals surface area contributed by atoms with Crippen molar-refractivity contribution in [2.75, 3.05) is 5.32 Å². The van der Waals surface area contributed by atoms with Gasteiger partial charge in [-0.3, -0.25) is 9.36 Å². The van der Waals surface area contributed by atoms with E-state index in [4.69, 9.17) is 4.42 Å². The molecule has 7 heteroatoms. The molecule has 2 aromatic carbocycles. The predicted molar refractivity (Wildman–Crippen MR) is 112 cm³/mol. The number of benzene rings is 2. The minimum Gasteiger partial charge on any atom is -0.408 e. The molecule has 29 heavy (non-hydrogen) atoms. The van der Waals surface area contributed by atoms with Gasteiger partial charge < -0.3 is 9.73 Å². The Balaban J connectivity index is 1.57. The summed E-state index contributed by atoms with van der Waals surface area (Å²) in [6, 6.07) is 13.2. The molecule has 2 aromatic heterocycles. The fourth-order valence-electron chi connectivity index (χ4n) is 3.54. The maximum absolute atomic E-state index is 12.7. The molecule has 2 heterocycles. The number of fused-ring (bicyclic) bond motifs is 1. The highest BCUT2D eigenvalue weighted by molar-refractivity contribution is 5.94. The first kappa shape index (κ1) is 18.7. The number of oxazole rings is 1. The van der Waals surface area contributed by atoms with E-state index in [1.54, 1.807) is 25.2 Å². The van der Waals surface area contributed by atoms with E-state index in [0.29, 0.717) is 16.8 Å². The molecule has 0 aliphatic heterocycles. The van der Waals surface area contributed by atoms with Crippen LogP contribution < -0.4 is 11.1 Å². The maximum Gasteiger partial charge on any atom is 0.419 e. The number of nitrogens with zero attached hydrogens (tertiary/aromatic N) is 3. The number of para-hydroxylation sites is 1. The molecule has 0 saturated carbocycles. The number of hydrogen-bond donors (Lipinski definition) is 1. The number of hydrogen-bond acceptors (Lipinski definition) is 4. The van der Waals surface area contributed by atoms with Crippen molar-refractivity contribution in [2.45, 2.75) is 27.2 Å². The molecule has 0 spiro atoms. The van der Waals surface area contributed by atoms with E-state index in [0.717, 1.165) is 28.2 Å². The molecule has 1 amide bonds. The molecular weight excluding hydrogens is 368 g/mol. The highest BCUT2D eigenvalue weighted by Gasteiger charge is 2.17. The fraction of sp³-hybridized carbons (Fsp3) is 0.227. The van der Waals surface area contributed by atoms with Gasteiger partial charge in [0, 0.05) is 30.1 Å². The summed E-state index contributed by atoms with van der Waals surface area (Å²) < 4.78 is 8.49. The van der Waals surface area contributed by atoms with Gasteiger partial charge in [-0.15, -0.1) is 0 Å². The van der Waals surface area contributed by atoms with Crippen LogP contribution >= 0.6 is 0 Å². The maximum atomic E-state index is 12.7. The number of carbonyl (C=O) groups is 1. The molecule has 7 nitrogen and oxygen atoms in total. The number of carbonyl (C=O) groups excluding carboxylic acids is 1. The predicted octanol–water partition coefficient (Wildman–Crippen LogP) is 3.42. The van der Waals surface area contributed by atoms with Gasteiger partial charge in [0.1, 0.15) is 0 Å². The molecule has 148 valence electrons. The van der Waals surface area contributed by atoms with Crippen LogP contribution in [0.15, 0.2) is 51.7 Å². The SMILES string of the molecule is Cc1ccccc1-n1nc(C)c(CC(=O)Nc2ccc3c(c2)oc(=O)n3C)c1C. The van der Waals surface area contributed by atoms with Crippen molar-refractivity contribution in [1.82, 2.24) is 14.3 Å².